The Bertz CT molecular complexity index is 490. The second-order valence-electron chi connectivity index (χ2n) is 4.26. The minimum Gasteiger partial charge on any atom is -0.459 e. The lowest BCUT2D eigenvalue weighted by molar-refractivity contribution is 0.450. The van der Waals surface area contributed by atoms with Gasteiger partial charge in [0.2, 0.25) is 0 Å². The third-order valence-corrected chi connectivity index (χ3v) is 3.07. The fourth-order valence-electron chi connectivity index (χ4n) is 2.22. The predicted octanol–water partition coefficient (Wildman–Crippen LogP) is 2.60. The smallest absolute Gasteiger partial charge is 0.134 e. The molecule has 1 heterocycles. The van der Waals surface area contributed by atoms with Crippen molar-refractivity contribution in [3.8, 4) is 0 Å². The molecule has 0 aliphatic heterocycles. The molecule has 2 rings (SSSR count). The summed E-state index contributed by atoms with van der Waals surface area (Å²) in [5.74, 6) is 1.04. The first-order valence-electron chi connectivity index (χ1n) is 6.21. The van der Waals surface area contributed by atoms with Crippen molar-refractivity contribution in [2.45, 2.75) is 26.3 Å². The fraction of sp³-hybridized carbons (Fsp3) is 0.429. The molecular weight excluding hydrogens is 212 g/mol. The highest BCUT2D eigenvalue weighted by atomic mass is 16.3. The lowest BCUT2D eigenvalue weighted by atomic mass is 10.1. The molecule has 3 N–H and O–H groups in total. The minimum absolute atomic E-state index is 0.209. The highest BCUT2D eigenvalue weighted by Gasteiger charge is 2.17. The zero-order chi connectivity index (χ0) is 12.3. The summed E-state index contributed by atoms with van der Waals surface area (Å²) in [5, 5.41) is 4.59. The molecule has 0 amide bonds. The Balaban J connectivity index is 2.38. The van der Waals surface area contributed by atoms with Crippen LogP contribution in [-0.4, -0.2) is 13.1 Å². The van der Waals surface area contributed by atoms with E-state index in [0.29, 0.717) is 6.54 Å². The van der Waals surface area contributed by atoms with Gasteiger partial charge in [0.15, 0.2) is 0 Å². The molecule has 17 heavy (non-hydrogen) atoms. The summed E-state index contributed by atoms with van der Waals surface area (Å²) >= 11 is 0. The van der Waals surface area contributed by atoms with Crippen molar-refractivity contribution in [1.29, 1.82) is 0 Å². The van der Waals surface area contributed by atoms with Crippen molar-refractivity contribution >= 4 is 11.0 Å². The summed E-state index contributed by atoms with van der Waals surface area (Å²) in [6, 6.07) is 8.41. The van der Waals surface area contributed by atoms with E-state index in [0.717, 1.165) is 24.3 Å². The summed E-state index contributed by atoms with van der Waals surface area (Å²) in [6.45, 7) is 5.73. The van der Waals surface area contributed by atoms with E-state index in [-0.39, 0.29) is 6.04 Å². The number of aryl methyl sites for hydroxylation is 1. The van der Waals surface area contributed by atoms with E-state index in [1.165, 1.54) is 10.9 Å². The van der Waals surface area contributed by atoms with Crippen LogP contribution in [0.3, 0.4) is 0 Å². The molecule has 0 fully saturated rings. The Kier molecular flexibility index (Phi) is 3.82. The van der Waals surface area contributed by atoms with Gasteiger partial charge in [-0.15, -0.1) is 0 Å². The van der Waals surface area contributed by atoms with Gasteiger partial charge in [-0.2, -0.15) is 0 Å². The lowest BCUT2D eigenvalue weighted by Crippen LogP contribution is -2.25. The molecule has 0 bridgehead atoms. The van der Waals surface area contributed by atoms with Crippen molar-refractivity contribution in [2.24, 2.45) is 5.73 Å². The van der Waals surface area contributed by atoms with Gasteiger partial charge in [-0.3, -0.25) is 0 Å². The summed E-state index contributed by atoms with van der Waals surface area (Å²) < 4.78 is 5.95. The van der Waals surface area contributed by atoms with Crippen molar-refractivity contribution < 1.29 is 4.42 Å². The van der Waals surface area contributed by atoms with Crippen LogP contribution in [0.25, 0.3) is 11.0 Å². The van der Waals surface area contributed by atoms with Crippen LogP contribution in [0.5, 0.6) is 0 Å². The summed E-state index contributed by atoms with van der Waals surface area (Å²) in [5.41, 5.74) is 7.78. The molecule has 1 aromatic heterocycles. The van der Waals surface area contributed by atoms with E-state index >= 15 is 0 Å². The molecule has 0 radical (unpaired) electrons. The number of furan rings is 1. The molecule has 3 nitrogen and oxygen atoms in total. The molecule has 0 aliphatic rings. The molecule has 1 atom stereocenters. The van der Waals surface area contributed by atoms with Gasteiger partial charge >= 0.3 is 0 Å². The van der Waals surface area contributed by atoms with Crippen molar-refractivity contribution in [3.05, 3.63) is 35.6 Å². The quantitative estimate of drug-likeness (QED) is 0.833. The third-order valence-electron chi connectivity index (χ3n) is 3.07. The monoisotopic (exact) mass is 232 g/mol. The maximum atomic E-state index is 5.95. The third kappa shape index (κ3) is 2.35. The van der Waals surface area contributed by atoms with Gasteiger partial charge in [-0.05, 0) is 19.4 Å². The second kappa shape index (κ2) is 5.34. The van der Waals surface area contributed by atoms with Crippen LogP contribution in [0.4, 0.5) is 0 Å². The fourth-order valence-corrected chi connectivity index (χ4v) is 2.22. The molecule has 92 valence electrons. The number of rotatable bonds is 5. The molecule has 0 spiro atoms. The van der Waals surface area contributed by atoms with E-state index < -0.39 is 0 Å². The number of fused-ring (bicyclic) bond motifs is 1. The largest absolute Gasteiger partial charge is 0.459 e. The van der Waals surface area contributed by atoms with Gasteiger partial charge in [0.05, 0.1) is 6.04 Å². The maximum Gasteiger partial charge on any atom is 0.134 e. The van der Waals surface area contributed by atoms with Crippen LogP contribution < -0.4 is 11.1 Å². The summed E-state index contributed by atoms with van der Waals surface area (Å²) in [4.78, 5) is 0. The standard InChI is InChI=1S/C14H20N2O/c1-3-11-12-6-4-5-7-13(12)17-14(11)10(2)16-9-8-15/h4-7,10,16H,3,8-9,15H2,1-2H3. The first-order valence-corrected chi connectivity index (χ1v) is 6.21. The molecule has 0 saturated heterocycles. The number of hydrogen-bond donors (Lipinski definition) is 2. The van der Waals surface area contributed by atoms with Crippen molar-refractivity contribution in [3.63, 3.8) is 0 Å². The molecular formula is C14H20N2O. The number of nitrogens with one attached hydrogen (secondary N) is 1. The van der Waals surface area contributed by atoms with Crippen molar-refractivity contribution in [2.75, 3.05) is 13.1 Å². The Labute approximate surface area is 102 Å². The van der Waals surface area contributed by atoms with E-state index in [1.807, 2.05) is 12.1 Å². The normalized spacial score (nSPS) is 13.1. The van der Waals surface area contributed by atoms with Gasteiger partial charge in [0.1, 0.15) is 11.3 Å². The molecule has 3 heteroatoms. The zero-order valence-electron chi connectivity index (χ0n) is 10.5. The highest BCUT2D eigenvalue weighted by molar-refractivity contribution is 5.82. The van der Waals surface area contributed by atoms with Gasteiger partial charge in [-0.25, -0.2) is 0 Å². The van der Waals surface area contributed by atoms with E-state index in [9.17, 15) is 0 Å². The van der Waals surface area contributed by atoms with E-state index in [4.69, 9.17) is 10.2 Å². The Hall–Kier alpha value is -1.32. The predicted molar refractivity (Wildman–Crippen MR) is 71.1 cm³/mol. The summed E-state index contributed by atoms with van der Waals surface area (Å²) in [6.07, 6.45) is 0.987. The first-order chi connectivity index (χ1) is 8.27. The molecule has 2 aromatic rings. The van der Waals surface area contributed by atoms with Crippen LogP contribution in [0.15, 0.2) is 28.7 Å². The van der Waals surface area contributed by atoms with E-state index in [2.05, 4.69) is 31.3 Å². The number of para-hydroxylation sites is 1. The van der Waals surface area contributed by atoms with Crippen LogP contribution in [-0.2, 0) is 6.42 Å². The lowest BCUT2D eigenvalue weighted by Gasteiger charge is -2.11. The van der Waals surface area contributed by atoms with Crippen LogP contribution in [0, 0.1) is 0 Å². The van der Waals surface area contributed by atoms with Gasteiger partial charge in [0, 0.05) is 24.0 Å². The van der Waals surface area contributed by atoms with Gasteiger partial charge in [-0.1, -0.05) is 25.1 Å². The average molecular weight is 232 g/mol. The number of nitrogens with two attached hydrogens (primary N) is 1. The Morgan fingerprint density at radius 2 is 2.12 bits per heavy atom. The van der Waals surface area contributed by atoms with E-state index in [1.54, 1.807) is 0 Å². The summed E-state index contributed by atoms with van der Waals surface area (Å²) in [7, 11) is 0. The maximum absolute atomic E-state index is 5.95. The molecule has 0 aliphatic carbocycles. The van der Waals surface area contributed by atoms with Crippen molar-refractivity contribution in [1.82, 2.24) is 5.32 Å². The zero-order valence-corrected chi connectivity index (χ0v) is 10.5. The van der Waals surface area contributed by atoms with Gasteiger partial charge < -0.3 is 15.5 Å². The van der Waals surface area contributed by atoms with Crippen LogP contribution >= 0.6 is 0 Å². The molecule has 0 saturated carbocycles. The first kappa shape index (κ1) is 12.1. The van der Waals surface area contributed by atoms with Crippen LogP contribution in [0.2, 0.25) is 0 Å². The Morgan fingerprint density at radius 3 is 2.82 bits per heavy atom. The molecule has 1 aromatic carbocycles. The SMILES string of the molecule is CCc1c(C(C)NCCN)oc2ccccc12. The number of benzene rings is 1. The number of hydrogen-bond acceptors (Lipinski definition) is 3. The highest BCUT2D eigenvalue weighted by Crippen LogP contribution is 2.30. The average Bonchev–Trinajstić information content (AvgIpc) is 2.74. The minimum atomic E-state index is 0.209. The Morgan fingerprint density at radius 1 is 1.35 bits per heavy atom. The topological polar surface area (TPSA) is 51.2 Å². The molecule has 1 unspecified atom stereocenters. The second-order valence-corrected chi connectivity index (χ2v) is 4.26. The van der Waals surface area contributed by atoms with Gasteiger partial charge in [0.25, 0.3) is 0 Å². The van der Waals surface area contributed by atoms with Crippen LogP contribution in [0.1, 0.15) is 31.2 Å².